The van der Waals surface area contributed by atoms with E-state index in [9.17, 15) is 9.90 Å². The van der Waals surface area contributed by atoms with E-state index in [0.29, 0.717) is 16.8 Å². The molecule has 1 amide bonds. The molecular weight excluding hydrogens is 354 g/mol. The lowest BCUT2D eigenvalue weighted by atomic mass is 10.0. The highest BCUT2D eigenvalue weighted by Crippen LogP contribution is 2.35. The number of aromatic nitrogens is 1. The number of H-pyrrole nitrogens is 1. The second-order valence-electron chi connectivity index (χ2n) is 6.09. The molecule has 8 heteroatoms. The highest BCUT2D eigenvalue weighted by Gasteiger charge is 2.30. The van der Waals surface area contributed by atoms with Crippen molar-refractivity contribution in [1.82, 2.24) is 15.8 Å². The van der Waals surface area contributed by atoms with Gasteiger partial charge in [0.2, 0.25) is 5.88 Å². The van der Waals surface area contributed by atoms with Gasteiger partial charge in [0, 0.05) is 16.5 Å². The predicted octanol–water partition coefficient (Wildman–Crippen LogP) is 3.75. The Balaban J connectivity index is 1.47. The first-order valence-corrected chi connectivity index (χ1v) is 8.51. The number of hydrogen-bond acceptors (Lipinski definition) is 5. The minimum absolute atomic E-state index is 0.0158. The van der Waals surface area contributed by atoms with E-state index in [0.717, 1.165) is 11.1 Å². The number of benzene rings is 2. The zero-order chi connectivity index (χ0) is 18.1. The zero-order valence-corrected chi connectivity index (χ0v) is 14.4. The van der Waals surface area contributed by atoms with Crippen LogP contribution in [0.2, 0.25) is 5.02 Å². The molecule has 2 heterocycles. The number of nitrogens with zero attached hydrogens (tertiary/aromatic N) is 2. The third-order valence-corrected chi connectivity index (χ3v) is 4.63. The van der Waals surface area contributed by atoms with Crippen LogP contribution in [0.3, 0.4) is 0 Å². The number of carbonyl (C=O) groups excluding carboxylic acids is 1. The second kappa shape index (κ2) is 6.87. The van der Waals surface area contributed by atoms with E-state index >= 15 is 0 Å². The molecule has 4 N–H and O–H groups in total. The van der Waals surface area contributed by atoms with Gasteiger partial charge in [-0.3, -0.25) is 4.79 Å². The molecule has 26 heavy (non-hydrogen) atoms. The van der Waals surface area contributed by atoms with E-state index in [1.807, 2.05) is 42.5 Å². The van der Waals surface area contributed by atoms with Gasteiger partial charge in [-0.05, 0) is 30.2 Å². The van der Waals surface area contributed by atoms with Crippen LogP contribution in [0.25, 0.3) is 10.9 Å². The summed E-state index contributed by atoms with van der Waals surface area (Å²) in [4.78, 5) is 15.1. The molecule has 1 aliphatic heterocycles. The average Bonchev–Trinajstić information content (AvgIpc) is 3.25. The van der Waals surface area contributed by atoms with Crippen molar-refractivity contribution in [3.63, 3.8) is 0 Å². The lowest BCUT2D eigenvalue weighted by Crippen LogP contribution is -2.35. The summed E-state index contributed by atoms with van der Waals surface area (Å²) >= 11 is 5.90. The number of amides is 1. The number of aromatic amines is 1. The average molecular weight is 370 g/mol. The van der Waals surface area contributed by atoms with Crippen LogP contribution in [-0.2, 0) is 4.79 Å². The largest absolute Gasteiger partial charge is 0.493 e. The first-order valence-electron chi connectivity index (χ1n) is 8.13. The van der Waals surface area contributed by atoms with Crippen LogP contribution in [0.15, 0.2) is 58.8 Å². The first-order chi connectivity index (χ1) is 12.6. The molecule has 0 saturated carbocycles. The van der Waals surface area contributed by atoms with E-state index in [2.05, 4.69) is 26.1 Å². The third kappa shape index (κ3) is 3.20. The van der Waals surface area contributed by atoms with Gasteiger partial charge < -0.3 is 10.1 Å². The number of hydrazine groups is 1. The molecule has 4 rings (SSSR count). The molecule has 0 aliphatic carbocycles. The van der Waals surface area contributed by atoms with Crippen molar-refractivity contribution in [2.45, 2.75) is 18.5 Å². The van der Waals surface area contributed by atoms with Crippen LogP contribution in [0.1, 0.15) is 18.0 Å². The molecule has 132 valence electrons. The predicted molar refractivity (Wildman–Crippen MR) is 98.4 cm³/mol. The fraction of sp³-hybridized carbons (Fsp3) is 0.167. The SMILES string of the molecule is O=C(N=Nc1c(O)[nH]c2ccccc12)C1CC(c2ccc(Cl)cc2)NN1. The summed E-state index contributed by atoms with van der Waals surface area (Å²) in [5.74, 6) is -0.516. The smallest absolute Gasteiger partial charge is 0.282 e. The summed E-state index contributed by atoms with van der Waals surface area (Å²) in [5, 5.41) is 19.1. The van der Waals surface area contributed by atoms with Gasteiger partial charge in [0.1, 0.15) is 6.04 Å². The highest BCUT2D eigenvalue weighted by molar-refractivity contribution is 6.30. The lowest BCUT2D eigenvalue weighted by molar-refractivity contribution is -0.120. The van der Waals surface area contributed by atoms with Crippen molar-refractivity contribution in [3.05, 3.63) is 59.1 Å². The molecule has 1 aliphatic rings. The van der Waals surface area contributed by atoms with Crippen molar-refractivity contribution >= 4 is 34.1 Å². The molecule has 1 saturated heterocycles. The maximum absolute atomic E-state index is 12.3. The summed E-state index contributed by atoms with van der Waals surface area (Å²) in [6.07, 6.45) is 0.541. The lowest BCUT2D eigenvalue weighted by Gasteiger charge is -2.08. The molecule has 3 aromatic rings. The third-order valence-electron chi connectivity index (χ3n) is 4.38. The minimum Gasteiger partial charge on any atom is -0.493 e. The standard InChI is InChI=1S/C18H16ClN5O2/c19-11-7-5-10(6-8-11)14-9-15(22-21-14)17(25)24-23-16-12-3-1-2-4-13(12)20-18(16)26/h1-8,14-15,20-22,26H,9H2. The van der Waals surface area contributed by atoms with Crippen molar-refractivity contribution in [1.29, 1.82) is 0 Å². The molecule has 7 nitrogen and oxygen atoms in total. The number of nitrogens with one attached hydrogen (secondary N) is 3. The minimum atomic E-state index is -0.494. The second-order valence-corrected chi connectivity index (χ2v) is 6.52. The van der Waals surface area contributed by atoms with Crippen LogP contribution in [-0.4, -0.2) is 22.0 Å². The monoisotopic (exact) mass is 369 g/mol. The van der Waals surface area contributed by atoms with Gasteiger partial charge in [-0.25, -0.2) is 10.9 Å². The number of fused-ring (bicyclic) bond motifs is 1. The van der Waals surface area contributed by atoms with Crippen LogP contribution in [0, 0.1) is 0 Å². The molecule has 2 atom stereocenters. The Morgan fingerprint density at radius 1 is 1.12 bits per heavy atom. The first kappa shape index (κ1) is 16.7. The van der Waals surface area contributed by atoms with Crippen LogP contribution in [0.5, 0.6) is 5.88 Å². The Labute approximate surface area is 154 Å². The van der Waals surface area contributed by atoms with Crippen molar-refractivity contribution in [2.75, 3.05) is 0 Å². The van der Waals surface area contributed by atoms with E-state index in [1.54, 1.807) is 6.07 Å². The highest BCUT2D eigenvalue weighted by atomic mass is 35.5. The van der Waals surface area contributed by atoms with Crippen LogP contribution in [0.4, 0.5) is 5.69 Å². The Morgan fingerprint density at radius 3 is 2.69 bits per heavy atom. The van der Waals surface area contributed by atoms with E-state index in [4.69, 9.17) is 11.6 Å². The quantitative estimate of drug-likeness (QED) is 0.528. The summed E-state index contributed by atoms with van der Waals surface area (Å²) < 4.78 is 0. The van der Waals surface area contributed by atoms with Crippen molar-refractivity contribution in [2.24, 2.45) is 10.2 Å². The summed E-state index contributed by atoms with van der Waals surface area (Å²) in [6.45, 7) is 0. The fourth-order valence-corrected chi connectivity index (χ4v) is 3.14. The summed E-state index contributed by atoms with van der Waals surface area (Å²) in [7, 11) is 0. The topological polar surface area (TPSA) is 102 Å². The molecular formula is C18H16ClN5O2. The molecule has 0 radical (unpaired) electrons. The maximum atomic E-state index is 12.3. The number of hydrogen-bond donors (Lipinski definition) is 4. The van der Waals surface area contributed by atoms with E-state index in [1.165, 1.54) is 0 Å². The van der Waals surface area contributed by atoms with Crippen LogP contribution >= 0.6 is 11.6 Å². The van der Waals surface area contributed by atoms with E-state index < -0.39 is 11.9 Å². The van der Waals surface area contributed by atoms with Crippen molar-refractivity contribution < 1.29 is 9.90 Å². The summed E-state index contributed by atoms with van der Waals surface area (Å²) in [5.41, 5.74) is 8.05. The maximum Gasteiger partial charge on any atom is 0.282 e. The van der Waals surface area contributed by atoms with Gasteiger partial charge >= 0.3 is 0 Å². The van der Waals surface area contributed by atoms with E-state index in [-0.39, 0.29) is 17.6 Å². The molecule has 2 aromatic carbocycles. The molecule has 2 unspecified atom stereocenters. The molecule has 0 bridgehead atoms. The molecule has 1 aromatic heterocycles. The van der Waals surface area contributed by atoms with Crippen LogP contribution < -0.4 is 10.9 Å². The summed E-state index contributed by atoms with van der Waals surface area (Å²) in [6, 6.07) is 14.2. The number of halogens is 1. The fourth-order valence-electron chi connectivity index (χ4n) is 3.01. The number of azo groups is 1. The zero-order valence-electron chi connectivity index (χ0n) is 13.6. The number of aromatic hydroxyl groups is 1. The Morgan fingerprint density at radius 2 is 1.88 bits per heavy atom. The van der Waals surface area contributed by atoms with Gasteiger partial charge in [-0.1, -0.05) is 41.9 Å². The van der Waals surface area contributed by atoms with Gasteiger partial charge in [0.05, 0.1) is 5.52 Å². The van der Waals surface area contributed by atoms with Gasteiger partial charge in [0.25, 0.3) is 5.91 Å². The Hall–Kier alpha value is -2.74. The normalized spacial score (nSPS) is 20.2. The van der Waals surface area contributed by atoms with Crippen molar-refractivity contribution in [3.8, 4) is 5.88 Å². The van der Waals surface area contributed by atoms with Gasteiger partial charge in [-0.15, -0.1) is 10.2 Å². The number of carbonyl (C=O) groups is 1. The number of rotatable bonds is 3. The van der Waals surface area contributed by atoms with Gasteiger partial charge in [-0.2, -0.15) is 0 Å². The Kier molecular flexibility index (Phi) is 4.42. The molecule has 0 spiro atoms. The van der Waals surface area contributed by atoms with Gasteiger partial charge in [0.15, 0.2) is 5.69 Å². The number of para-hydroxylation sites is 1. The molecule has 1 fully saturated rings. The Bertz CT molecular complexity index is 983.